The van der Waals surface area contributed by atoms with Gasteiger partial charge in [-0.1, -0.05) is 28.1 Å². The number of hydrogen-bond donors (Lipinski definition) is 3. The first-order chi connectivity index (χ1) is 19.4. The number of H-pyrrole nitrogens is 1. The number of anilines is 2. The Morgan fingerprint density at radius 3 is 2.65 bits per heavy atom. The predicted molar refractivity (Wildman–Crippen MR) is 157 cm³/mol. The van der Waals surface area contributed by atoms with Crippen LogP contribution in [0.3, 0.4) is 0 Å². The molecule has 1 fully saturated rings. The summed E-state index contributed by atoms with van der Waals surface area (Å²) < 4.78 is 8.04. The third-order valence-corrected chi connectivity index (χ3v) is 7.49. The average Bonchev–Trinajstić information content (AvgIpc) is 3.57. The lowest BCUT2D eigenvalue weighted by atomic mass is 10.1. The number of carbonyl (C=O) groups excluding carboxylic acids is 1. The molecule has 0 unspecified atom stereocenters. The maximum atomic E-state index is 13.1. The van der Waals surface area contributed by atoms with Crippen molar-refractivity contribution in [3.8, 4) is 17.3 Å². The molecule has 10 nitrogen and oxygen atoms in total. The van der Waals surface area contributed by atoms with Crippen LogP contribution in [0, 0.1) is 0 Å². The van der Waals surface area contributed by atoms with Crippen LogP contribution >= 0.6 is 15.9 Å². The highest BCUT2D eigenvalue weighted by Gasteiger charge is 2.20. The van der Waals surface area contributed by atoms with E-state index in [1.165, 1.54) is 0 Å². The number of rotatable bonds is 7. The topological polar surface area (TPSA) is 121 Å². The molecular formula is C29H28BrN7O3. The van der Waals surface area contributed by atoms with Gasteiger partial charge < -0.3 is 25.0 Å². The normalized spacial score (nSPS) is 14.0. The van der Waals surface area contributed by atoms with Gasteiger partial charge in [0.2, 0.25) is 0 Å². The number of nitrogens with zero attached hydrogens (tertiary/aromatic N) is 5. The van der Waals surface area contributed by atoms with Gasteiger partial charge in [0.25, 0.3) is 5.91 Å². The number of piperidine rings is 1. The number of imidazole rings is 1. The Hall–Kier alpha value is -4.22. The van der Waals surface area contributed by atoms with Crippen LogP contribution in [0.15, 0.2) is 71.3 Å². The second kappa shape index (κ2) is 11.1. The van der Waals surface area contributed by atoms with Crippen molar-refractivity contribution < 1.29 is 14.6 Å². The summed E-state index contributed by atoms with van der Waals surface area (Å²) in [5, 5.41) is 17.4. The van der Waals surface area contributed by atoms with Crippen molar-refractivity contribution >= 4 is 44.5 Å². The minimum atomic E-state index is -0.303. The fraction of sp³-hybridized carbons (Fsp3) is 0.241. The fourth-order valence-corrected chi connectivity index (χ4v) is 5.13. The van der Waals surface area contributed by atoms with E-state index in [9.17, 15) is 9.90 Å². The molecule has 0 aliphatic carbocycles. The lowest BCUT2D eigenvalue weighted by Gasteiger charge is -2.30. The maximum Gasteiger partial charge on any atom is 0.258 e. The summed E-state index contributed by atoms with van der Waals surface area (Å²) >= 11 is 3.50. The zero-order valence-corrected chi connectivity index (χ0v) is 23.4. The maximum absolute atomic E-state index is 13.1. The van der Waals surface area contributed by atoms with Crippen molar-refractivity contribution in [1.29, 1.82) is 0 Å². The molecule has 1 aliphatic rings. The number of aliphatic hydroxyl groups is 1. The lowest BCUT2D eigenvalue weighted by molar-refractivity contribution is 0.102. The van der Waals surface area contributed by atoms with E-state index >= 15 is 0 Å². The number of halogens is 1. The lowest BCUT2D eigenvalue weighted by Crippen LogP contribution is -2.36. The van der Waals surface area contributed by atoms with E-state index in [0.29, 0.717) is 36.6 Å². The highest BCUT2D eigenvalue weighted by molar-refractivity contribution is 9.10. The molecule has 11 heteroatoms. The molecule has 2 aromatic carbocycles. The van der Waals surface area contributed by atoms with Crippen LogP contribution in [0.1, 0.15) is 28.8 Å². The van der Waals surface area contributed by atoms with Crippen molar-refractivity contribution in [1.82, 2.24) is 24.7 Å². The third-order valence-electron chi connectivity index (χ3n) is 7.00. The Balaban J connectivity index is 1.26. The van der Waals surface area contributed by atoms with Crippen LogP contribution in [0.2, 0.25) is 0 Å². The van der Waals surface area contributed by atoms with E-state index < -0.39 is 0 Å². The largest absolute Gasteiger partial charge is 0.497 e. The smallest absolute Gasteiger partial charge is 0.258 e. The van der Waals surface area contributed by atoms with Crippen molar-refractivity contribution in [3.63, 3.8) is 0 Å². The molecule has 0 bridgehead atoms. The van der Waals surface area contributed by atoms with Crippen molar-refractivity contribution in [2.24, 2.45) is 0 Å². The Morgan fingerprint density at radius 2 is 1.93 bits per heavy atom. The Labute approximate surface area is 239 Å². The number of pyridine rings is 1. The number of aromatic amines is 1. The first-order valence-electron chi connectivity index (χ1n) is 13.0. The quantitative estimate of drug-likeness (QED) is 0.244. The van der Waals surface area contributed by atoms with Crippen LogP contribution in [0.25, 0.3) is 22.6 Å². The zero-order chi connectivity index (χ0) is 27.6. The standard InChI is InChI=1S/C29H28BrN7O3/c1-40-22-6-2-18(3-7-22)17-37-25(28-32-23-8-5-20(30)14-24(23)33-28)15-26(35-37)34-29(39)19-4-9-27(31-16-19)36-12-10-21(38)11-13-36/h2-9,14-16,21,38H,10-13,17H2,1H3,(H,32,33)(H,34,35,39). The number of carbonyl (C=O) groups is 1. The molecular weight excluding hydrogens is 574 g/mol. The summed E-state index contributed by atoms with van der Waals surface area (Å²) in [7, 11) is 1.64. The van der Waals surface area contributed by atoms with Crippen molar-refractivity contribution in [2.75, 3.05) is 30.4 Å². The minimum Gasteiger partial charge on any atom is -0.497 e. The first-order valence-corrected chi connectivity index (χ1v) is 13.8. The highest BCUT2D eigenvalue weighted by atomic mass is 79.9. The molecule has 6 rings (SSSR count). The van der Waals surface area contributed by atoms with E-state index in [1.807, 2.05) is 59.3 Å². The van der Waals surface area contributed by atoms with Gasteiger partial charge in [-0.15, -0.1) is 0 Å². The molecule has 1 aliphatic heterocycles. The van der Waals surface area contributed by atoms with Gasteiger partial charge in [0, 0.05) is 29.8 Å². The number of aromatic nitrogens is 5. The number of fused-ring (bicyclic) bond motifs is 1. The first kappa shape index (κ1) is 26.0. The molecule has 3 N–H and O–H groups in total. The number of hydrogen-bond acceptors (Lipinski definition) is 7. The second-order valence-corrected chi connectivity index (χ2v) is 10.7. The average molecular weight is 602 g/mol. The molecule has 1 amide bonds. The Morgan fingerprint density at radius 1 is 1.12 bits per heavy atom. The van der Waals surface area contributed by atoms with Crippen LogP contribution in [0.4, 0.5) is 11.6 Å². The second-order valence-electron chi connectivity index (χ2n) is 9.74. The van der Waals surface area contributed by atoms with Gasteiger partial charge in [0.15, 0.2) is 11.6 Å². The molecule has 5 aromatic rings. The minimum absolute atomic E-state index is 0.253. The van der Waals surface area contributed by atoms with E-state index in [4.69, 9.17) is 14.8 Å². The number of amides is 1. The van der Waals surface area contributed by atoms with Crippen LogP contribution in [-0.2, 0) is 6.54 Å². The number of ether oxygens (including phenoxy) is 1. The van der Waals surface area contributed by atoms with Gasteiger partial charge >= 0.3 is 0 Å². The molecule has 0 radical (unpaired) electrons. The van der Waals surface area contributed by atoms with Gasteiger partial charge in [-0.2, -0.15) is 5.10 Å². The van der Waals surface area contributed by atoms with Gasteiger partial charge in [0.1, 0.15) is 17.3 Å². The molecule has 0 saturated carbocycles. The Kier molecular flexibility index (Phi) is 7.23. The molecule has 0 spiro atoms. The summed E-state index contributed by atoms with van der Waals surface area (Å²) in [6.45, 7) is 1.95. The van der Waals surface area contributed by atoms with E-state index in [2.05, 4.69) is 36.1 Å². The van der Waals surface area contributed by atoms with Crippen molar-refractivity contribution in [3.05, 3.63) is 82.5 Å². The molecule has 3 aromatic heterocycles. The summed E-state index contributed by atoms with van der Waals surface area (Å²) in [6, 6.07) is 19.1. The summed E-state index contributed by atoms with van der Waals surface area (Å²) in [6.07, 6.45) is 2.75. The molecule has 1 saturated heterocycles. The van der Waals surface area contributed by atoms with E-state index in [-0.39, 0.29) is 12.0 Å². The summed E-state index contributed by atoms with van der Waals surface area (Å²) in [5.41, 5.74) is 3.91. The van der Waals surface area contributed by atoms with E-state index in [1.54, 1.807) is 19.4 Å². The molecule has 0 atom stereocenters. The van der Waals surface area contributed by atoms with Crippen LogP contribution < -0.4 is 15.0 Å². The third kappa shape index (κ3) is 5.56. The predicted octanol–water partition coefficient (Wildman–Crippen LogP) is 4.85. The van der Waals surface area contributed by atoms with Crippen molar-refractivity contribution in [2.45, 2.75) is 25.5 Å². The molecule has 204 valence electrons. The number of nitrogens with one attached hydrogen (secondary N) is 2. The monoisotopic (exact) mass is 601 g/mol. The highest BCUT2D eigenvalue weighted by Crippen LogP contribution is 2.27. The van der Waals surface area contributed by atoms with Crippen LogP contribution in [0.5, 0.6) is 5.75 Å². The Bertz CT molecular complexity index is 1640. The van der Waals surface area contributed by atoms with Gasteiger partial charge in [-0.25, -0.2) is 9.97 Å². The molecule has 4 heterocycles. The summed E-state index contributed by atoms with van der Waals surface area (Å²) in [5.74, 6) is 2.32. The van der Waals surface area contributed by atoms with Crippen LogP contribution in [-0.4, -0.2) is 62.0 Å². The van der Waals surface area contributed by atoms with Gasteiger partial charge in [0.05, 0.1) is 36.4 Å². The van der Waals surface area contributed by atoms with Gasteiger partial charge in [-0.05, 0) is 60.9 Å². The number of benzene rings is 2. The molecule has 40 heavy (non-hydrogen) atoms. The number of aliphatic hydroxyl groups excluding tert-OH is 1. The zero-order valence-electron chi connectivity index (χ0n) is 21.8. The van der Waals surface area contributed by atoms with Gasteiger partial charge in [-0.3, -0.25) is 9.48 Å². The van der Waals surface area contributed by atoms with E-state index in [0.717, 1.165) is 51.4 Å². The summed E-state index contributed by atoms with van der Waals surface area (Å²) in [4.78, 5) is 27.9. The SMILES string of the molecule is COc1ccc(Cn2nc(NC(=O)c3ccc(N4CCC(O)CC4)nc3)cc2-c2nc3cc(Br)ccc3[nH]2)cc1. The number of methoxy groups -OCH3 is 1. The fourth-order valence-electron chi connectivity index (χ4n) is 4.78.